The van der Waals surface area contributed by atoms with E-state index in [1.165, 1.54) is 30.8 Å². The van der Waals surface area contributed by atoms with Crippen molar-refractivity contribution in [2.75, 3.05) is 31.5 Å². The number of thiophene rings is 1. The number of hydrogen-bond donors (Lipinski definition) is 1. The predicted octanol–water partition coefficient (Wildman–Crippen LogP) is 3.84. The lowest BCUT2D eigenvalue weighted by Gasteiger charge is -2.15. The van der Waals surface area contributed by atoms with E-state index in [0.29, 0.717) is 5.95 Å². The first-order valence-electron chi connectivity index (χ1n) is 8.17. The lowest BCUT2D eigenvalue weighted by molar-refractivity contribution is 0.352. The van der Waals surface area contributed by atoms with Crippen LogP contribution in [0.1, 0.15) is 12.8 Å². The average molecular weight is 358 g/mol. The molecule has 124 valence electrons. The van der Waals surface area contributed by atoms with Crippen molar-refractivity contribution in [2.45, 2.75) is 12.8 Å². The second-order valence-electron chi connectivity index (χ2n) is 5.75. The first kappa shape index (κ1) is 15.7. The molecule has 3 aromatic rings. The van der Waals surface area contributed by atoms with Crippen molar-refractivity contribution < 1.29 is 0 Å². The van der Waals surface area contributed by atoms with Gasteiger partial charge in [0.05, 0.1) is 0 Å². The summed E-state index contributed by atoms with van der Waals surface area (Å²) >= 11 is 3.31. The Kier molecular flexibility index (Phi) is 4.82. The number of nitrogens with one attached hydrogen (secondary N) is 1. The predicted molar refractivity (Wildman–Crippen MR) is 101 cm³/mol. The summed E-state index contributed by atoms with van der Waals surface area (Å²) in [6.45, 7) is 4.34. The number of aromatic nitrogens is 3. The van der Waals surface area contributed by atoms with Gasteiger partial charge >= 0.3 is 0 Å². The van der Waals surface area contributed by atoms with Crippen molar-refractivity contribution in [1.29, 1.82) is 0 Å². The molecule has 0 saturated carbocycles. The summed E-state index contributed by atoms with van der Waals surface area (Å²) in [6, 6.07) is 4.15. The average Bonchev–Trinajstić information content (AvgIpc) is 3.36. The Labute approximate surface area is 149 Å². The highest BCUT2D eigenvalue weighted by atomic mass is 32.1. The summed E-state index contributed by atoms with van der Waals surface area (Å²) in [4.78, 5) is 17.4. The molecule has 0 aromatic carbocycles. The first-order valence-corrected chi connectivity index (χ1v) is 9.93. The van der Waals surface area contributed by atoms with Gasteiger partial charge in [-0.15, -0.1) is 22.7 Å². The number of likely N-dealkylation sites (tertiary alicyclic amines) is 1. The molecule has 1 fully saturated rings. The van der Waals surface area contributed by atoms with Crippen LogP contribution in [0.4, 0.5) is 5.95 Å². The molecule has 0 spiro atoms. The summed E-state index contributed by atoms with van der Waals surface area (Å²) in [5.74, 6) is 0.680. The van der Waals surface area contributed by atoms with Crippen LogP contribution in [0.5, 0.6) is 0 Å². The van der Waals surface area contributed by atoms with Gasteiger partial charge in [0.25, 0.3) is 0 Å². The van der Waals surface area contributed by atoms with E-state index in [0.717, 1.165) is 29.4 Å². The Balaban J connectivity index is 1.54. The van der Waals surface area contributed by atoms with Gasteiger partial charge < -0.3 is 10.2 Å². The van der Waals surface area contributed by atoms with Crippen LogP contribution in [0.25, 0.3) is 21.1 Å². The molecule has 24 heavy (non-hydrogen) atoms. The van der Waals surface area contributed by atoms with Crippen LogP contribution in [0.15, 0.2) is 35.3 Å². The minimum atomic E-state index is 0.680. The van der Waals surface area contributed by atoms with E-state index in [-0.39, 0.29) is 0 Å². The second kappa shape index (κ2) is 7.38. The van der Waals surface area contributed by atoms with Crippen molar-refractivity contribution in [2.24, 2.45) is 0 Å². The smallest absolute Gasteiger partial charge is 0.223 e. The van der Waals surface area contributed by atoms with E-state index in [1.807, 2.05) is 23.8 Å². The summed E-state index contributed by atoms with van der Waals surface area (Å²) in [6.07, 6.45) is 6.37. The van der Waals surface area contributed by atoms with Crippen LogP contribution in [0, 0.1) is 0 Å². The van der Waals surface area contributed by atoms with Crippen LogP contribution in [0.3, 0.4) is 0 Å². The van der Waals surface area contributed by atoms with Crippen molar-refractivity contribution in [1.82, 2.24) is 19.9 Å². The Morgan fingerprint density at radius 3 is 2.79 bits per heavy atom. The Morgan fingerprint density at radius 1 is 1.12 bits per heavy atom. The SMILES string of the molecule is c1csc(-c2cnc(NCCN3CCCC3)nc2-c2nccs2)c1. The third kappa shape index (κ3) is 3.48. The van der Waals surface area contributed by atoms with Gasteiger partial charge in [0.15, 0.2) is 0 Å². The zero-order chi connectivity index (χ0) is 16.2. The highest BCUT2D eigenvalue weighted by molar-refractivity contribution is 7.14. The quantitative estimate of drug-likeness (QED) is 0.726. The van der Waals surface area contributed by atoms with Crippen molar-refractivity contribution in [3.05, 3.63) is 35.3 Å². The molecule has 0 atom stereocenters. The molecule has 0 unspecified atom stereocenters. The van der Waals surface area contributed by atoms with Gasteiger partial charge in [-0.2, -0.15) is 0 Å². The third-order valence-electron chi connectivity index (χ3n) is 4.12. The van der Waals surface area contributed by atoms with Crippen LogP contribution >= 0.6 is 22.7 Å². The molecular formula is C17H19N5S2. The van der Waals surface area contributed by atoms with Gasteiger partial charge in [-0.3, -0.25) is 0 Å². The monoisotopic (exact) mass is 357 g/mol. The molecule has 1 aliphatic heterocycles. The molecule has 1 N–H and O–H groups in total. The number of thiazole rings is 1. The Hall–Kier alpha value is -1.83. The molecule has 1 aliphatic rings. The fourth-order valence-corrected chi connectivity index (χ4v) is 4.29. The van der Waals surface area contributed by atoms with E-state index in [9.17, 15) is 0 Å². The largest absolute Gasteiger partial charge is 0.353 e. The molecule has 4 heterocycles. The zero-order valence-electron chi connectivity index (χ0n) is 13.3. The fraction of sp³-hybridized carbons (Fsp3) is 0.353. The second-order valence-corrected chi connectivity index (χ2v) is 7.59. The van der Waals surface area contributed by atoms with E-state index in [2.05, 4.69) is 31.6 Å². The zero-order valence-corrected chi connectivity index (χ0v) is 14.9. The molecule has 0 bridgehead atoms. The molecule has 7 heteroatoms. The van der Waals surface area contributed by atoms with Gasteiger partial charge in [0.1, 0.15) is 10.7 Å². The van der Waals surface area contributed by atoms with E-state index >= 15 is 0 Å². The maximum Gasteiger partial charge on any atom is 0.223 e. The van der Waals surface area contributed by atoms with Crippen molar-refractivity contribution in [3.63, 3.8) is 0 Å². The minimum Gasteiger partial charge on any atom is -0.353 e. The fourth-order valence-electron chi connectivity index (χ4n) is 2.91. The molecule has 4 rings (SSSR count). The molecule has 0 radical (unpaired) electrons. The van der Waals surface area contributed by atoms with Crippen LogP contribution in [-0.4, -0.2) is 46.0 Å². The highest BCUT2D eigenvalue weighted by Gasteiger charge is 2.15. The van der Waals surface area contributed by atoms with Gasteiger partial charge in [0, 0.05) is 41.3 Å². The molecule has 0 aliphatic carbocycles. The highest BCUT2D eigenvalue weighted by Crippen LogP contribution is 2.34. The number of anilines is 1. The Bertz CT molecular complexity index is 764. The van der Waals surface area contributed by atoms with E-state index in [1.54, 1.807) is 22.7 Å². The number of hydrogen-bond acceptors (Lipinski definition) is 7. The topological polar surface area (TPSA) is 53.9 Å². The van der Waals surface area contributed by atoms with Gasteiger partial charge in [-0.1, -0.05) is 6.07 Å². The molecule has 3 aromatic heterocycles. The van der Waals surface area contributed by atoms with Crippen LogP contribution in [-0.2, 0) is 0 Å². The summed E-state index contributed by atoms with van der Waals surface area (Å²) in [7, 11) is 0. The van der Waals surface area contributed by atoms with Gasteiger partial charge in [-0.05, 0) is 37.4 Å². The van der Waals surface area contributed by atoms with Crippen LogP contribution in [0.2, 0.25) is 0 Å². The molecular weight excluding hydrogens is 338 g/mol. The maximum absolute atomic E-state index is 4.75. The standard InChI is InChI=1S/C17H19N5S2/c1-2-8-22(7-1)9-5-19-17-20-12-13(14-4-3-10-23-14)15(21-17)16-18-6-11-24-16/h3-4,6,10-12H,1-2,5,7-9H2,(H,19,20,21). The van der Waals surface area contributed by atoms with Gasteiger partial charge in [0.2, 0.25) is 5.95 Å². The van der Waals surface area contributed by atoms with Crippen molar-refractivity contribution >= 4 is 28.6 Å². The van der Waals surface area contributed by atoms with Crippen molar-refractivity contribution in [3.8, 4) is 21.1 Å². The normalized spacial score (nSPS) is 15.0. The number of rotatable bonds is 6. The Morgan fingerprint density at radius 2 is 2.04 bits per heavy atom. The van der Waals surface area contributed by atoms with Gasteiger partial charge in [-0.25, -0.2) is 15.0 Å². The summed E-state index contributed by atoms with van der Waals surface area (Å²) < 4.78 is 0. The molecule has 1 saturated heterocycles. The lowest BCUT2D eigenvalue weighted by atomic mass is 10.2. The molecule has 5 nitrogen and oxygen atoms in total. The minimum absolute atomic E-state index is 0.680. The van der Waals surface area contributed by atoms with E-state index < -0.39 is 0 Å². The van der Waals surface area contributed by atoms with Crippen LogP contribution < -0.4 is 5.32 Å². The third-order valence-corrected chi connectivity index (χ3v) is 5.80. The van der Waals surface area contributed by atoms with E-state index in [4.69, 9.17) is 4.98 Å². The number of nitrogens with zero attached hydrogens (tertiary/aromatic N) is 4. The first-order chi connectivity index (χ1) is 11.9. The molecule has 0 amide bonds. The summed E-state index contributed by atoms with van der Waals surface area (Å²) in [5, 5.41) is 8.35. The summed E-state index contributed by atoms with van der Waals surface area (Å²) in [5.41, 5.74) is 1.95. The maximum atomic E-state index is 4.75. The lowest BCUT2D eigenvalue weighted by Crippen LogP contribution is -2.26.